The monoisotopic (exact) mass is 876 g/mol. The third kappa shape index (κ3) is 11.1. The summed E-state index contributed by atoms with van der Waals surface area (Å²) in [6, 6.07) is 13.2. The molecule has 0 bridgehead atoms. The molecule has 0 spiro atoms. The number of benzene rings is 3. The summed E-state index contributed by atoms with van der Waals surface area (Å²) >= 11 is 1.58. The fourth-order valence-corrected chi connectivity index (χ4v) is 10.0. The quantitative estimate of drug-likeness (QED) is 0.292. The molecule has 0 saturated heterocycles. The van der Waals surface area contributed by atoms with Gasteiger partial charge in [-0.2, -0.15) is 0 Å². The average Bonchev–Trinajstić information content (AvgIpc) is 3.36. The van der Waals surface area contributed by atoms with E-state index in [2.05, 4.69) is 9.47 Å². The zero-order chi connectivity index (χ0) is 42.7. The molecule has 3 aliphatic rings. The van der Waals surface area contributed by atoms with Gasteiger partial charge < -0.3 is 20.1 Å². The number of ketones is 3. The van der Waals surface area contributed by atoms with Crippen LogP contribution in [0.25, 0.3) is 0 Å². The normalized spacial score (nSPS) is 16.0. The second-order valence-electron chi connectivity index (χ2n) is 13.2. The standard InChI is InChI=1S/C14H14O5S.C14H14O3S.C13H12O5S.CH4.Li.H2O/c1-8-9(2)20(17,18)13-5-4-10(14(16)19-3)6-11(13)7-12(8)15;1-8-9(2)18-13-5-4-10(14(16)17-3)6-11(13)7-12(8)15;1-7-8(2)19(17,18)12-4-3-9(13(15)16)5-10(12)6-11(7)14;;;/h4-6H,7H2,1-3H3;4-6H,7H2,1-3H3;3-5H,6H2,1-2H3,(H,15,16);1H4;;1H2/q;;;;+1;/p-1. The van der Waals surface area contributed by atoms with E-state index < -0.39 is 31.6 Å². The Morgan fingerprint density at radius 3 is 1.35 bits per heavy atom. The van der Waals surface area contributed by atoms with Crippen molar-refractivity contribution in [2.24, 2.45) is 0 Å². The molecule has 0 aliphatic carbocycles. The van der Waals surface area contributed by atoms with Crippen LogP contribution in [0.1, 0.15) is 96.7 Å². The molecule has 0 unspecified atom stereocenters. The van der Waals surface area contributed by atoms with Crippen LogP contribution in [0.2, 0.25) is 0 Å². The fourth-order valence-electron chi connectivity index (χ4n) is 5.88. The summed E-state index contributed by atoms with van der Waals surface area (Å²) in [5, 5.41) is 8.91. The predicted molar refractivity (Wildman–Crippen MR) is 219 cm³/mol. The first-order valence-electron chi connectivity index (χ1n) is 17.1. The third-order valence-corrected chi connectivity index (χ3v) is 15.2. The Bertz CT molecular complexity index is 2600. The van der Waals surface area contributed by atoms with Crippen LogP contribution in [0.3, 0.4) is 0 Å². The number of carboxylic acids is 1. The number of esters is 2. The maximum atomic E-state index is 12.4. The van der Waals surface area contributed by atoms with Gasteiger partial charge in [0, 0.05) is 40.9 Å². The number of thioether (sulfide) groups is 1. The minimum Gasteiger partial charge on any atom is -0.870 e. The van der Waals surface area contributed by atoms with Gasteiger partial charge in [0.1, 0.15) is 0 Å². The van der Waals surface area contributed by atoms with E-state index in [-0.39, 0.29) is 115 Å². The average molecular weight is 877 g/mol. The van der Waals surface area contributed by atoms with Gasteiger partial charge in [0.15, 0.2) is 17.3 Å². The molecule has 3 aromatic carbocycles. The molecule has 0 fully saturated rings. The number of sulfone groups is 2. The molecule has 0 saturated carbocycles. The maximum absolute atomic E-state index is 12.4. The summed E-state index contributed by atoms with van der Waals surface area (Å²) < 4.78 is 58.7. The molecule has 6 rings (SSSR count). The maximum Gasteiger partial charge on any atom is 1.00 e. The molecule has 14 nitrogen and oxygen atoms in total. The van der Waals surface area contributed by atoms with Gasteiger partial charge in [-0.1, -0.05) is 19.2 Å². The van der Waals surface area contributed by atoms with E-state index >= 15 is 0 Å². The first-order valence-corrected chi connectivity index (χ1v) is 20.9. The fraction of sp³-hybridized carbons (Fsp3) is 0.286. The number of hydrogen-bond donors (Lipinski definition) is 1. The predicted octanol–water partition coefficient (Wildman–Crippen LogP) is 3.69. The van der Waals surface area contributed by atoms with Crippen LogP contribution >= 0.6 is 11.8 Å². The van der Waals surface area contributed by atoms with Crippen LogP contribution in [0.15, 0.2) is 101 Å². The van der Waals surface area contributed by atoms with E-state index in [0.29, 0.717) is 17.5 Å². The second-order valence-corrected chi connectivity index (χ2v) is 18.6. The minimum absolute atomic E-state index is 0. The van der Waals surface area contributed by atoms with E-state index in [9.17, 15) is 45.6 Å². The van der Waals surface area contributed by atoms with Crippen molar-refractivity contribution in [3.05, 3.63) is 119 Å². The van der Waals surface area contributed by atoms with E-state index in [0.717, 1.165) is 20.9 Å². The largest absolute Gasteiger partial charge is 1.00 e. The van der Waals surface area contributed by atoms with Gasteiger partial charge in [0.2, 0.25) is 19.7 Å². The Hall–Kier alpha value is -4.89. The SMILES string of the molecule is C.CC1=C(C)S(=O)(=O)c2ccc(C(=O)O)cc2CC1=O.COC(=O)c1ccc2c(c1)CC(=O)C(C)=C(C)S2.COC(=O)c1ccc2c(c1)CC(=O)C(C)=C(C)S2(=O)=O.[Li+].[OH-]. The number of aromatic carboxylic acids is 1. The Morgan fingerprint density at radius 2 is 0.933 bits per heavy atom. The molecule has 0 aromatic heterocycles. The first kappa shape index (κ1) is 53.1. The number of carbonyl (C=O) groups excluding carboxylic acids is 5. The van der Waals surface area contributed by atoms with Gasteiger partial charge in [0.25, 0.3) is 0 Å². The number of allylic oxidation sites excluding steroid dienone is 6. The van der Waals surface area contributed by atoms with Gasteiger partial charge in [-0.15, -0.1) is 0 Å². The number of rotatable bonds is 3. The van der Waals surface area contributed by atoms with Crippen molar-refractivity contribution in [1.82, 2.24) is 0 Å². The molecule has 3 aliphatic heterocycles. The van der Waals surface area contributed by atoms with Crippen LogP contribution < -0.4 is 18.9 Å². The van der Waals surface area contributed by atoms with Gasteiger partial charge in [-0.3, -0.25) is 14.4 Å². The summed E-state index contributed by atoms with van der Waals surface area (Å²) in [4.78, 5) is 71.9. The topological polar surface area (TPSA) is 239 Å². The molecule has 18 heteroatoms. The first-order chi connectivity index (χ1) is 26.6. The molecule has 60 heavy (non-hydrogen) atoms. The number of carboxylic acid groups (broad SMARTS) is 1. The van der Waals surface area contributed by atoms with Crippen molar-refractivity contribution in [3.8, 4) is 0 Å². The Kier molecular flexibility index (Phi) is 18.7. The number of Topliss-reactive ketones (excluding diaryl/α,β-unsaturated/α-hetero) is 3. The molecule has 0 atom stereocenters. The summed E-state index contributed by atoms with van der Waals surface area (Å²) in [5.74, 6) is -2.54. The van der Waals surface area contributed by atoms with Crippen molar-refractivity contribution in [3.63, 3.8) is 0 Å². The molecule has 3 heterocycles. The van der Waals surface area contributed by atoms with Crippen molar-refractivity contribution in [2.75, 3.05) is 14.2 Å². The van der Waals surface area contributed by atoms with Gasteiger partial charge >= 0.3 is 36.8 Å². The Morgan fingerprint density at radius 1 is 0.583 bits per heavy atom. The van der Waals surface area contributed by atoms with E-state index in [1.165, 1.54) is 78.3 Å². The summed E-state index contributed by atoms with van der Waals surface area (Å²) in [6.45, 7) is 9.58. The van der Waals surface area contributed by atoms with E-state index in [1.807, 2.05) is 19.9 Å². The molecule has 0 amide bonds. The second kappa shape index (κ2) is 21.1. The van der Waals surface area contributed by atoms with E-state index in [1.54, 1.807) is 23.9 Å². The number of fused-ring (bicyclic) bond motifs is 3. The van der Waals surface area contributed by atoms with Gasteiger partial charge in [-0.25, -0.2) is 31.2 Å². The zero-order valence-corrected chi connectivity index (χ0v) is 36.3. The van der Waals surface area contributed by atoms with Crippen LogP contribution in [0, 0.1) is 0 Å². The minimum atomic E-state index is -3.72. The Labute approximate surface area is 365 Å². The number of ether oxygens (including phenoxy) is 2. The summed E-state index contributed by atoms with van der Waals surface area (Å²) in [6.07, 6.45) is 0.206. The molecular formula is C42H45LiO14S3. The smallest absolute Gasteiger partial charge is 0.870 e. The summed E-state index contributed by atoms with van der Waals surface area (Å²) in [7, 11) is -4.80. The molecule has 0 radical (unpaired) electrons. The number of carbonyl (C=O) groups is 6. The molecule has 3 aromatic rings. The molecular weight excluding hydrogens is 832 g/mol. The van der Waals surface area contributed by atoms with Gasteiger partial charge in [0.05, 0.1) is 50.5 Å². The summed E-state index contributed by atoms with van der Waals surface area (Å²) in [5.41, 5.74) is 3.39. The van der Waals surface area contributed by atoms with Crippen molar-refractivity contribution in [1.29, 1.82) is 0 Å². The number of hydrogen-bond acceptors (Lipinski definition) is 14. The van der Waals surface area contributed by atoms with Crippen LogP contribution in [-0.2, 0) is 62.8 Å². The molecule has 316 valence electrons. The number of methoxy groups -OCH3 is 2. The molecule has 2 N–H and O–H groups in total. The van der Waals surface area contributed by atoms with Crippen molar-refractivity contribution in [2.45, 2.75) is 82.9 Å². The van der Waals surface area contributed by atoms with E-state index in [4.69, 9.17) is 5.11 Å². The van der Waals surface area contributed by atoms with Crippen LogP contribution in [0.5, 0.6) is 0 Å². The van der Waals surface area contributed by atoms with Crippen LogP contribution in [-0.4, -0.2) is 76.9 Å². The van der Waals surface area contributed by atoms with Crippen LogP contribution in [0.4, 0.5) is 0 Å². The third-order valence-electron chi connectivity index (χ3n) is 9.81. The van der Waals surface area contributed by atoms with Gasteiger partial charge in [-0.05, 0) is 118 Å². The van der Waals surface area contributed by atoms with Crippen molar-refractivity contribution >= 4 is 66.7 Å². The Balaban J connectivity index is 0.000000440. The zero-order valence-electron chi connectivity index (χ0n) is 33.8. The van der Waals surface area contributed by atoms with Crippen molar-refractivity contribution < 1.29 is 84.5 Å².